The first-order chi connectivity index (χ1) is 33.1. The molecule has 2 saturated heterocycles. The number of carbonyl (C=O) groups excluding carboxylic acids is 2. The summed E-state index contributed by atoms with van der Waals surface area (Å²) in [5, 5.41) is 5.31. The number of pyridine rings is 2. The molecule has 8 fully saturated rings. The number of hydrogen-bond acceptors (Lipinski definition) is 15. The molecule has 20 heteroatoms. The second kappa shape index (κ2) is 18.2. The largest absolute Gasteiger partial charge is 0.384 e. The molecule has 4 bridgehead atoms. The number of fused-ring (bicyclic) bond motifs is 2. The van der Waals surface area contributed by atoms with Crippen LogP contribution in [0.25, 0.3) is 22.1 Å². The zero-order valence-corrected chi connectivity index (χ0v) is 41.6. The van der Waals surface area contributed by atoms with Gasteiger partial charge in [-0.25, -0.2) is 24.9 Å². The van der Waals surface area contributed by atoms with Crippen LogP contribution in [0.3, 0.4) is 0 Å². The fraction of sp³-hybridized carbons (Fsp3) is 0.510. The van der Waals surface area contributed by atoms with Gasteiger partial charge in [0.05, 0.1) is 34.6 Å². The predicted octanol–water partition coefficient (Wildman–Crippen LogP) is 4.33. The Morgan fingerprint density at radius 2 is 1.10 bits per heavy atom. The number of nitrogens with one attached hydrogen (secondary N) is 1. The minimum absolute atomic E-state index is 0.00777. The smallest absolute Gasteiger partial charge is 0.270 e. The number of anilines is 5. The summed E-state index contributed by atoms with van der Waals surface area (Å²) in [6, 6.07) is 11.8. The van der Waals surface area contributed by atoms with Crippen LogP contribution in [0.15, 0.2) is 66.3 Å². The lowest BCUT2D eigenvalue weighted by Crippen LogP contribution is -2.60. The van der Waals surface area contributed by atoms with Gasteiger partial charge in [-0.15, -0.1) is 0 Å². The van der Waals surface area contributed by atoms with E-state index in [0.717, 1.165) is 130 Å². The quantitative estimate of drug-likeness (QED) is 0.194. The highest BCUT2D eigenvalue weighted by molar-refractivity contribution is 7.84. The zero-order chi connectivity index (χ0) is 48.4. The standard InChI is InChI=1S/C24H30N8O.C15H18N4O2S.C10H16N4/c1-29(2)22(33)19-10-17-14-26-23(28-21(17)32(19)24-11-16(12-24)13-24)27-20-5-4-18(15-25-20)31-8-6-30(3)7-9-31;1-18(2)13(20)11-4-10-8-16-14(22(3)21)17-12(10)19(11)15-5-9(6-15)7-15;1-13-4-6-14(7-5-13)9-2-3-10(11)12-8-9/h4-5,10,14-16H,6-9,11-13H2,1-3H3,(H,25,26,27,28);4,8-9H,5-7H2,1-3H3;2-3,8H,4-7H2,1H3,(H2,11,12). The second-order valence-corrected chi connectivity index (χ2v) is 21.7. The van der Waals surface area contributed by atoms with Gasteiger partial charge in [0.2, 0.25) is 11.1 Å². The molecule has 0 radical (unpaired) electrons. The molecule has 2 aliphatic heterocycles. The van der Waals surface area contributed by atoms with Crippen LogP contribution in [0.4, 0.5) is 29.0 Å². The van der Waals surface area contributed by atoms with Crippen molar-refractivity contribution in [2.24, 2.45) is 11.8 Å². The van der Waals surface area contributed by atoms with E-state index < -0.39 is 10.8 Å². The van der Waals surface area contributed by atoms with Gasteiger partial charge >= 0.3 is 0 Å². The molecule has 69 heavy (non-hydrogen) atoms. The van der Waals surface area contributed by atoms with Crippen molar-refractivity contribution in [1.29, 1.82) is 0 Å². The number of aromatic nitrogens is 8. The van der Waals surface area contributed by atoms with Crippen molar-refractivity contribution in [3.63, 3.8) is 0 Å². The summed E-state index contributed by atoms with van der Waals surface area (Å²) in [5.41, 5.74) is 10.9. The monoisotopic (exact) mass is 957 g/mol. The molecule has 0 aromatic carbocycles. The fourth-order valence-electron chi connectivity index (χ4n) is 10.8. The topological polar surface area (TPSA) is 196 Å². The highest BCUT2D eigenvalue weighted by atomic mass is 32.2. The van der Waals surface area contributed by atoms with Gasteiger partial charge in [0.1, 0.15) is 34.3 Å². The molecule has 6 saturated carbocycles. The SMILES string of the molecule is CN(C)C(=O)c1cc2cnc(S(C)=O)nc2n1C12CC(C1)C2.CN1CCN(c2ccc(N)nc2)CC1.CN1CCN(c2ccc(Nc3ncc4cc(C(=O)N(C)C)n(C56CC(C5)C6)c4n3)nc2)CC1. The maximum absolute atomic E-state index is 12.9. The molecule has 6 aliphatic carbocycles. The van der Waals surface area contributed by atoms with Gasteiger partial charge < -0.3 is 49.6 Å². The van der Waals surface area contributed by atoms with Crippen molar-refractivity contribution in [3.8, 4) is 0 Å². The molecular formula is C49H64N16O3S. The van der Waals surface area contributed by atoms with E-state index >= 15 is 0 Å². The lowest BCUT2D eigenvalue weighted by atomic mass is 9.49. The Bertz CT molecular complexity index is 2870. The van der Waals surface area contributed by atoms with Crippen LogP contribution in [-0.4, -0.2) is 176 Å². The van der Waals surface area contributed by atoms with Crippen LogP contribution in [0.2, 0.25) is 0 Å². The Labute approximate surface area is 405 Å². The third kappa shape index (κ3) is 8.86. The molecule has 0 spiro atoms. The molecule has 6 aromatic heterocycles. The summed E-state index contributed by atoms with van der Waals surface area (Å²) >= 11 is 0. The number of nitrogens with two attached hydrogens (primary N) is 1. The van der Waals surface area contributed by atoms with E-state index in [4.69, 9.17) is 10.7 Å². The Hall–Kier alpha value is -6.25. The van der Waals surface area contributed by atoms with Crippen molar-refractivity contribution < 1.29 is 13.8 Å². The van der Waals surface area contributed by atoms with Crippen molar-refractivity contribution in [2.75, 3.05) is 122 Å². The third-order valence-corrected chi connectivity index (χ3v) is 15.7. The van der Waals surface area contributed by atoms with E-state index in [2.05, 4.69) is 79.1 Å². The molecule has 8 aliphatic rings. The average Bonchev–Trinajstić information content (AvgIpc) is 3.83. The van der Waals surface area contributed by atoms with Gasteiger partial charge in [0, 0.05) is 121 Å². The van der Waals surface area contributed by atoms with E-state index in [-0.39, 0.29) is 22.9 Å². The Morgan fingerprint density at radius 3 is 1.51 bits per heavy atom. The molecule has 2 amide bonds. The lowest BCUT2D eigenvalue weighted by molar-refractivity contribution is -0.0871. The minimum Gasteiger partial charge on any atom is -0.384 e. The summed E-state index contributed by atoms with van der Waals surface area (Å²) in [6.07, 6.45) is 15.5. The van der Waals surface area contributed by atoms with E-state index in [0.29, 0.717) is 34.1 Å². The maximum Gasteiger partial charge on any atom is 0.270 e. The number of hydrogen-bond donors (Lipinski definition) is 2. The van der Waals surface area contributed by atoms with Gasteiger partial charge in [0.15, 0.2) is 0 Å². The molecule has 14 rings (SSSR count). The highest BCUT2D eigenvalue weighted by Gasteiger charge is 2.60. The first kappa shape index (κ1) is 46.5. The number of nitrogens with zero attached hydrogens (tertiary/aromatic N) is 14. The minimum atomic E-state index is -1.23. The van der Waals surface area contributed by atoms with Gasteiger partial charge in [0.25, 0.3) is 11.8 Å². The Kier molecular flexibility index (Phi) is 12.3. The van der Waals surface area contributed by atoms with E-state index in [1.54, 1.807) is 56.6 Å². The predicted molar refractivity (Wildman–Crippen MR) is 270 cm³/mol. The van der Waals surface area contributed by atoms with Crippen LogP contribution in [0.1, 0.15) is 59.5 Å². The van der Waals surface area contributed by atoms with E-state index in [1.807, 2.05) is 42.7 Å². The molecule has 19 nitrogen and oxygen atoms in total. The number of nitrogen functional groups attached to an aromatic ring is 1. The molecule has 1 unspecified atom stereocenters. The van der Waals surface area contributed by atoms with Crippen LogP contribution >= 0.6 is 0 Å². The van der Waals surface area contributed by atoms with Crippen LogP contribution in [-0.2, 0) is 21.9 Å². The maximum atomic E-state index is 12.9. The first-order valence-electron chi connectivity index (χ1n) is 23.9. The van der Waals surface area contributed by atoms with Crippen LogP contribution < -0.4 is 20.9 Å². The zero-order valence-electron chi connectivity index (χ0n) is 40.8. The number of likely N-dealkylation sites (N-methyl/N-ethyl adjacent to an activating group) is 2. The number of rotatable bonds is 9. The molecule has 8 heterocycles. The normalized spacial score (nSPS) is 24.0. The number of amides is 2. The first-order valence-corrected chi connectivity index (χ1v) is 25.5. The molecular weight excluding hydrogens is 893 g/mol. The second-order valence-electron chi connectivity index (χ2n) is 20.4. The molecule has 1 atom stereocenters. The summed E-state index contributed by atoms with van der Waals surface area (Å²) < 4.78 is 16.0. The van der Waals surface area contributed by atoms with Crippen molar-refractivity contribution >= 4 is 73.6 Å². The van der Waals surface area contributed by atoms with E-state index in [9.17, 15) is 13.8 Å². The average molecular weight is 957 g/mol. The van der Waals surface area contributed by atoms with Gasteiger partial charge in [-0.2, -0.15) is 4.98 Å². The molecule has 364 valence electrons. The molecule has 6 aromatic rings. The van der Waals surface area contributed by atoms with Crippen LogP contribution in [0, 0.1) is 11.8 Å². The van der Waals surface area contributed by atoms with Gasteiger partial charge in [-0.3, -0.25) is 13.8 Å². The Balaban J connectivity index is 0.000000132. The lowest BCUT2D eigenvalue weighted by Gasteiger charge is -2.62. The summed E-state index contributed by atoms with van der Waals surface area (Å²) in [6.45, 7) is 8.53. The number of piperazine rings is 2. The van der Waals surface area contributed by atoms with E-state index in [1.165, 1.54) is 5.69 Å². The fourth-order valence-corrected chi connectivity index (χ4v) is 11.2. The highest BCUT2D eigenvalue weighted by Crippen LogP contribution is 2.64. The van der Waals surface area contributed by atoms with Crippen molar-refractivity contribution in [3.05, 3.63) is 72.6 Å². The Morgan fingerprint density at radius 1 is 0.638 bits per heavy atom. The summed E-state index contributed by atoms with van der Waals surface area (Å²) in [5.74, 6) is 3.37. The number of carbonyl (C=O) groups is 2. The molecule has 3 N–H and O–H groups in total. The third-order valence-electron chi connectivity index (χ3n) is 15.0. The van der Waals surface area contributed by atoms with Crippen LogP contribution in [0.5, 0.6) is 0 Å². The van der Waals surface area contributed by atoms with Crippen molar-refractivity contribution in [2.45, 2.75) is 54.8 Å². The van der Waals surface area contributed by atoms with Gasteiger partial charge in [-0.05, 0) is 101 Å². The van der Waals surface area contributed by atoms with Gasteiger partial charge in [-0.1, -0.05) is 0 Å². The van der Waals surface area contributed by atoms with Crippen molar-refractivity contribution in [1.82, 2.24) is 58.6 Å². The summed E-state index contributed by atoms with van der Waals surface area (Å²) in [7, 11) is 10.2. The summed E-state index contributed by atoms with van der Waals surface area (Å²) in [4.78, 5) is 64.8.